The third-order valence-corrected chi connectivity index (χ3v) is 3.80. The summed E-state index contributed by atoms with van der Waals surface area (Å²) in [7, 11) is 0. The van der Waals surface area contributed by atoms with Gasteiger partial charge < -0.3 is 10.1 Å². The standard InChI is InChI=1S/C17H33N3O/c1-6-9-18-10-7-17-15(4)19-20(16(17)5)11-13-21-12-8-14(2)3/h14,18H,6-13H2,1-5H3. The van der Waals surface area contributed by atoms with Crippen LogP contribution in [0.15, 0.2) is 0 Å². The molecule has 1 N–H and O–H groups in total. The van der Waals surface area contributed by atoms with E-state index in [0.717, 1.165) is 51.4 Å². The molecule has 0 aromatic carbocycles. The lowest BCUT2D eigenvalue weighted by molar-refractivity contribution is 0.113. The predicted molar refractivity (Wildman–Crippen MR) is 88.8 cm³/mol. The van der Waals surface area contributed by atoms with E-state index in [-0.39, 0.29) is 0 Å². The first-order chi connectivity index (χ1) is 10.1. The van der Waals surface area contributed by atoms with Gasteiger partial charge >= 0.3 is 0 Å². The van der Waals surface area contributed by atoms with Crippen LogP contribution in [0.2, 0.25) is 0 Å². The Kier molecular flexibility index (Phi) is 8.62. The fraction of sp³-hybridized carbons (Fsp3) is 0.824. The Balaban J connectivity index is 2.38. The van der Waals surface area contributed by atoms with Gasteiger partial charge in [0.25, 0.3) is 0 Å². The third kappa shape index (κ3) is 6.62. The van der Waals surface area contributed by atoms with E-state index in [0.29, 0.717) is 5.92 Å². The minimum atomic E-state index is 0.709. The van der Waals surface area contributed by atoms with E-state index in [4.69, 9.17) is 4.74 Å². The summed E-state index contributed by atoms with van der Waals surface area (Å²) in [4.78, 5) is 0. The van der Waals surface area contributed by atoms with Gasteiger partial charge in [0.2, 0.25) is 0 Å². The number of ether oxygens (including phenoxy) is 1. The molecule has 1 aromatic heterocycles. The van der Waals surface area contributed by atoms with Gasteiger partial charge in [-0.25, -0.2) is 0 Å². The summed E-state index contributed by atoms with van der Waals surface area (Å²) >= 11 is 0. The molecule has 1 aromatic rings. The summed E-state index contributed by atoms with van der Waals surface area (Å²) in [5, 5.41) is 8.11. The highest BCUT2D eigenvalue weighted by atomic mass is 16.5. The first-order valence-corrected chi connectivity index (χ1v) is 8.37. The van der Waals surface area contributed by atoms with Crippen molar-refractivity contribution in [3.8, 4) is 0 Å². The van der Waals surface area contributed by atoms with E-state index in [2.05, 4.69) is 49.7 Å². The second-order valence-corrected chi connectivity index (χ2v) is 6.17. The Hall–Kier alpha value is -0.870. The highest BCUT2D eigenvalue weighted by molar-refractivity contribution is 5.24. The number of aromatic nitrogens is 2. The molecule has 0 unspecified atom stereocenters. The van der Waals surface area contributed by atoms with Crippen molar-refractivity contribution in [2.45, 2.75) is 60.4 Å². The minimum absolute atomic E-state index is 0.709. The summed E-state index contributed by atoms with van der Waals surface area (Å²) < 4.78 is 7.79. The van der Waals surface area contributed by atoms with Crippen molar-refractivity contribution >= 4 is 0 Å². The monoisotopic (exact) mass is 295 g/mol. The fourth-order valence-electron chi connectivity index (χ4n) is 2.40. The lowest BCUT2D eigenvalue weighted by Crippen LogP contribution is -2.18. The first kappa shape index (κ1) is 18.2. The lowest BCUT2D eigenvalue weighted by atomic mass is 10.1. The topological polar surface area (TPSA) is 39.1 Å². The zero-order chi connectivity index (χ0) is 15.7. The van der Waals surface area contributed by atoms with Gasteiger partial charge in [-0.2, -0.15) is 5.10 Å². The quantitative estimate of drug-likeness (QED) is 0.638. The van der Waals surface area contributed by atoms with Gasteiger partial charge in [-0.15, -0.1) is 0 Å². The molecular weight excluding hydrogens is 262 g/mol. The van der Waals surface area contributed by atoms with Gasteiger partial charge in [0, 0.05) is 12.3 Å². The SMILES string of the molecule is CCCNCCc1c(C)nn(CCOCCC(C)C)c1C. The first-order valence-electron chi connectivity index (χ1n) is 8.37. The molecule has 1 heterocycles. The van der Waals surface area contributed by atoms with Crippen LogP contribution in [0.4, 0.5) is 0 Å². The lowest BCUT2D eigenvalue weighted by Gasteiger charge is -2.08. The molecule has 0 fully saturated rings. The molecule has 0 aliphatic carbocycles. The maximum atomic E-state index is 5.69. The average Bonchev–Trinajstić information content (AvgIpc) is 2.70. The summed E-state index contributed by atoms with van der Waals surface area (Å²) in [5.74, 6) is 0.709. The zero-order valence-electron chi connectivity index (χ0n) is 14.5. The summed E-state index contributed by atoms with van der Waals surface area (Å²) in [6.07, 6.45) is 3.38. The molecule has 0 aliphatic heterocycles. The number of hydrogen-bond acceptors (Lipinski definition) is 3. The third-order valence-electron chi connectivity index (χ3n) is 3.80. The molecule has 21 heavy (non-hydrogen) atoms. The molecular formula is C17H33N3O. The van der Waals surface area contributed by atoms with E-state index in [9.17, 15) is 0 Å². The Labute approximate surface area is 130 Å². The highest BCUT2D eigenvalue weighted by Gasteiger charge is 2.10. The van der Waals surface area contributed by atoms with Crippen LogP contribution in [0, 0.1) is 19.8 Å². The summed E-state index contributed by atoms with van der Waals surface area (Å²) in [5.41, 5.74) is 3.84. The summed E-state index contributed by atoms with van der Waals surface area (Å²) in [6, 6.07) is 0. The molecule has 0 amide bonds. The van der Waals surface area contributed by atoms with Crippen molar-refractivity contribution < 1.29 is 4.74 Å². The van der Waals surface area contributed by atoms with Gasteiger partial charge in [0.1, 0.15) is 0 Å². The van der Waals surface area contributed by atoms with Crippen molar-refractivity contribution in [1.82, 2.24) is 15.1 Å². The number of nitrogens with zero attached hydrogens (tertiary/aromatic N) is 2. The molecule has 122 valence electrons. The fourth-order valence-corrected chi connectivity index (χ4v) is 2.40. The van der Waals surface area contributed by atoms with Crippen LogP contribution in [-0.4, -0.2) is 36.1 Å². The predicted octanol–water partition coefficient (Wildman–Crippen LogP) is 3.10. The van der Waals surface area contributed by atoms with Crippen molar-refractivity contribution in [3.63, 3.8) is 0 Å². The number of hydrogen-bond donors (Lipinski definition) is 1. The summed E-state index contributed by atoms with van der Waals surface area (Å²) in [6.45, 7) is 15.5. The maximum absolute atomic E-state index is 5.69. The number of aryl methyl sites for hydroxylation is 1. The smallest absolute Gasteiger partial charge is 0.0662 e. The molecule has 0 aliphatic rings. The minimum Gasteiger partial charge on any atom is -0.380 e. The molecule has 0 bridgehead atoms. The zero-order valence-corrected chi connectivity index (χ0v) is 14.5. The normalized spacial score (nSPS) is 11.5. The van der Waals surface area contributed by atoms with E-state index < -0.39 is 0 Å². The van der Waals surface area contributed by atoms with Crippen LogP contribution >= 0.6 is 0 Å². The average molecular weight is 295 g/mol. The second kappa shape index (κ2) is 9.96. The van der Waals surface area contributed by atoms with Crippen LogP contribution in [-0.2, 0) is 17.7 Å². The van der Waals surface area contributed by atoms with Crippen molar-refractivity contribution in [2.24, 2.45) is 5.92 Å². The van der Waals surface area contributed by atoms with Crippen LogP contribution in [0.5, 0.6) is 0 Å². The van der Waals surface area contributed by atoms with Crippen LogP contribution in [0.3, 0.4) is 0 Å². The Morgan fingerprint density at radius 3 is 2.62 bits per heavy atom. The van der Waals surface area contributed by atoms with E-state index in [1.807, 2.05) is 0 Å². The molecule has 0 radical (unpaired) electrons. The Morgan fingerprint density at radius 2 is 1.95 bits per heavy atom. The van der Waals surface area contributed by atoms with E-state index in [1.165, 1.54) is 17.7 Å². The van der Waals surface area contributed by atoms with Gasteiger partial charge in [-0.1, -0.05) is 20.8 Å². The Bertz CT molecular complexity index is 399. The van der Waals surface area contributed by atoms with Crippen LogP contribution < -0.4 is 5.32 Å². The molecule has 0 spiro atoms. The molecule has 0 atom stereocenters. The van der Waals surface area contributed by atoms with Crippen molar-refractivity contribution in [2.75, 3.05) is 26.3 Å². The number of rotatable bonds is 11. The highest BCUT2D eigenvalue weighted by Crippen LogP contribution is 2.13. The van der Waals surface area contributed by atoms with Gasteiger partial charge in [0.05, 0.1) is 18.8 Å². The Morgan fingerprint density at radius 1 is 1.19 bits per heavy atom. The molecule has 0 saturated carbocycles. The largest absolute Gasteiger partial charge is 0.380 e. The number of nitrogens with one attached hydrogen (secondary N) is 1. The van der Waals surface area contributed by atoms with E-state index in [1.54, 1.807) is 0 Å². The van der Waals surface area contributed by atoms with Crippen molar-refractivity contribution in [1.29, 1.82) is 0 Å². The van der Waals surface area contributed by atoms with Crippen LogP contribution in [0.25, 0.3) is 0 Å². The van der Waals surface area contributed by atoms with Gasteiger partial charge in [-0.3, -0.25) is 4.68 Å². The molecule has 4 heteroatoms. The van der Waals surface area contributed by atoms with Gasteiger partial charge in [0.15, 0.2) is 0 Å². The maximum Gasteiger partial charge on any atom is 0.0662 e. The van der Waals surface area contributed by atoms with E-state index >= 15 is 0 Å². The molecule has 0 saturated heterocycles. The van der Waals surface area contributed by atoms with Gasteiger partial charge in [-0.05, 0) is 57.7 Å². The van der Waals surface area contributed by atoms with Crippen molar-refractivity contribution in [3.05, 3.63) is 17.0 Å². The molecule has 1 rings (SSSR count). The second-order valence-electron chi connectivity index (χ2n) is 6.17. The van der Waals surface area contributed by atoms with Crippen LogP contribution in [0.1, 0.15) is 50.6 Å². The molecule has 4 nitrogen and oxygen atoms in total.